The summed E-state index contributed by atoms with van der Waals surface area (Å²) in [6.45, 7) is 1.93. The van der Waals surface area contributed by atoms with Crippen LogP contribution in [0.4, 0.5) is 0 Å². The van der Waals surface area contributed by atoms with Gasteiger partial charge in [-0.1, -0.05) is 0 Å². The minimum absolute atomic E-state index is 0. The van der Waals surface area contributed by atoms with Crippen LogP contribution in [0.15, 0.2) is 0 Å². The molecule has 0 fully saturated rings. The van der Waals surface area contributed by atoms with Gasteiger partial charge in [0.25, 0.3) is 0 Å². The van der Waals surface area contributed by atoms with Crippen molar-refractivity contribution < 1.29 is 32.3 Å². The molecule has 10 heteroatoms. The van der Waals surface area contributed by atoms with Crippen molar-refractivity contribution in [2.24, 2.45) is 0 Å². The van der Waals surface area contributed by atoms with Crippen molar-refractivity contribution in [3.8, 4) is 0 Å². The topological polar surface area (TPSA) is 153 Å². The average Bonchev–Trinajstić information content (AvgIpc) is 1.60. The van der Waals surface area contributed by atoms with Gasteiger partial charge in [-0.05, 0) is 6.92 Å². The van der Waals surface area contributed by atoms with Gasteiger partial charge in [0.05, 0.1) is 10.2 Å². The minimum Gasteiger partial charge on any atom is -0.397 e. The zero-order chi connectivity index (χ0) is 9.86. The summed E-state index contributed by atoms with van der Waals surface area (Å²) < 4.78 is 0. The van der Waals surface area contributed by atoms with E-state index in [0.29, 0.717) is 0 Å². The first-order chi connectivity index (χ1) is 4.88. The van der Waals surface area contributed by atoms with E-state index in [1.807, 2.05) is 0 Å². The molecule has 0 heterocycles. The van der Waals surface area contributed by atoms with E-state index >= 15 is 0 Å². The Morgan fingerprint density at radius 3 is 1.08 bits per heavy atom. The van der Waals surface area contributed by atoms with E-state index in [2.05, 4.69) is 0 Å². The Bertz CT molecular complexity index is 87.6. The zero-order valence-electron chi connectivity index (χ0n) is 5.88. The summed E-state index contributed by atoms with van der Waals surface area (Å²) in [4.78, 5) is 16.5. The Balaban J connectivity index is -0.0000000389. The van der Waals surface area contributed by atoms with E-state index < -0.39 is 10.2 Å². The second-order valence-electron chi connectivity index (χ2n) is 0.763. The minimum atomic E-state index is -1.75. The molecule has 1 N–H and O–H groups in total. The average molecular weight is 225 g/mol. The molecule has 0 atom stereocenters. The van der Waals surface area contributed by atoms with Crippen LogP contribution in [0, 0.1) is 30.6 Å². The van der Waals surface area contributed by atoms with Gasteiger partial charge < -0.3 is 35.7 Å². The molecular weight excluding hydrogens is 219 g/mol. The molecule has 0 unspecified atom stereocenters. The molecule has 0 spiro atoms. The maximum absolute atomic E-state index is 8.25. The first-order valence-corrected chi connectivity index (χ1v) is 2.12. The predicted octanol–water partition coefficient (Wildman–Crippen LogP) is -0.482. The number of aliphatic hydroxyl groups is 1. The van der Waals surface area contributed by atoms with Crippen LogP contribution in [-0.4, -0.2) is 21.9 Å². The third kappa shape index (κ3) is 439. The molecule has 0 rings (SSSR count). The molecule has 9 nitrogen and oxygen atoms in total. The Morgan fingerprint density at radius 1 is 1.08 bits per heavy atom. The van der Waals surface area contributed by atoms with Crippen LogP contribution in [0.1, 0.15) is 6.92 Å². The van der Waals surface area contributed by atoms with Gasteiger partial charge in [-0.2, -0.15) is 0 Å². The zero-order valence-corrected chi connectivity index (χ0v) is 7.06. The van der Waals surface area contributed by atoms with Gasteiger partial charge >= 0.3 is 17.1 Å². The van der Waals surface area contributed by atoms with Crippen LogP contribution in [0.25, 0.3) is 0 Å². The summed E-state index contributed by atoms with van der Waals surface area (Å²) in [5.74, 6) is 0. The van der Waals surface area contributed by atoms with Crippen molar-refractivity contribution in [1.82, 2.24) is 0 Å². The van der Waals surface area contributed by atoms with Crippen LogP contribution in [0.3, 0.4) is 0 Å². The molecule has 0 saturated carbocycles. The predicted molar refractivity (Wildman–Crippen MR) is 33.5 cm³/mol. The van der Waals surface area contributed by atoms with Gasteiger partial charge in [0.15, 0.2) is 0 Å². The fourth-order valence-electron chi connectivity index (χ4n) is 0. The normalized spacial score (nSPS) is 5.50. The SMILES string of the molecule is CCO.O=[N+]([O-])[O-].O=[N+]([O-])[O-].[Mn+2]. The molecule has 0 saturated heterocycles. The van der Waals surface area contributed by atoms with Gasteiger partial charge in [0.2, 0.25) is 0 Å². The maximum Gasteiger partial charge on any atom is 2.00 e. The number of hydrogen-bond acceptors (Lipinski definition) is 7. The molecule has 0 aliphatic rings. The molecule has 0 aliphatic carbocycles. The Kier molecular flexibility index (Phi) is 42.1. The molecule has 1 radical (unpaired) electrons. The molecule has 0 bridgehead atoms. The van der Waals surface area contributed by atoms with Crippen molar-refractivity contribution in [3.05, 3.63) is 30.6 Å². The molecule has 0 aromatic carbocycles. The summed E-state index contributed by atoms with van der Waals surface area (Å²) in [5, 5.41) is 37.1. The molecular formula is C2H6MnN2O7. The number of rotatable bonds is 0. The Morgan fingerprint density at radius 2 is 1.08 bits per heavy atom. The molecule has 0 aromatic heterocycles. The monoisotopic (exact) mass is 225 g/mol. The van der Waals surface area contributed by atoms with Crippen molar-refractivity contribution in [2.75, 3.05) is 6.61 Å². The Labute approximate surface area is 77.3 Å². The van der Waals surface area contributed by atoms with E-state index in [1.165, 1.54) is 0 Å². The standard InChI is InChI=1S/C2H6O.Mn.2NO3/c1-2-3;;2*2-1(3)4/h3H,2H2,1H3;;;/q;+2;2*-1. The van der Waals surface area contributed by atoms with Gasteiger partial charge in [-0.15, -0.1) is 0 Å². The summed E-state index contributed by atoms with van der Waals surface area (Å²) in [6, 6.07) is 0. The summed E-state index contributed by atoms with van der Waals surface area (Å²) in [5.41, 5.74) is 0. The van der Waals surface area contributed by atoms with Gasteiger partial charge in [-0.25, -0.2) is 0 Å². The largest absolute Gasteiger partial charge is 2.00 e. The third-order valence-electron chi connectivity index (χ3n) is 0. The van der Waals surface area contributed by atoms with Gasteiger partial charge in [0, 0.05) is 6.61 Å². The van der Waals surface area contributed by atoms with Crippen LogP contribution in [0.5, 0.6) is 0 Å². The van der Waals surface area contributed by atoms with Gasteiger partial charge in [-0.3, -0.25) is 0 Å². The van der Waals surface area contributed by atoms with Crippen LogP contribution in [0.2, 0.25) is 0 Å². The molecule has 12 heavy (non-hydrogen) atoms. The molecule has 73 valence electrons. The first kappa shape index (κ1) is 22.4. The van der Waals surface area contributed by atoms with E-state index in [1.54, 1.807) is 6.92 Å². The number of aliphatic hydroxyl groups excluding tert-OH is 1. The number of nitrogens with zero attached hydrogens (tertiary/aromatic N) is 2. The second-order valence-corrected chi connectivity index (χ2v) is 0.763. The maximum atomic E-state index is 8.25. The quantitative estimate of drug-likeness (QED) is 0.331. The summed E-state index contributed by atoms with van der Waals surface area (Å²) in [7, 11) is 0. The smallest absolute Gasteiger partial charge is 0.397 e. The Hall–Kier alpha value is -1.12. The molecule has 0 aromatic rings. The van der Waals surface area contributed by atoms with E-state index in [9.17, 15) is 0 Å². The van der Waals surface area contributed by atoms with E-state index in [0.717, 1.165) is 0 Å². The van der Waals surface area contributed by atoms with Crippen molar-refractivity contribution >= 4 is 0 Å². The molecule has 0 amide bonds. The molecule has 0 aliphatic heterocycles. The van der Waals surface area contributed by atoms with Crippen LogP contribution in [-0.2, 0) is 17.1 Å². The fourth-order valence-corrected chi connectivity index (χ4v) is 0. The summed E-state index contributed by atoms with van der Waals surface area (Å²) in [6.07, 6.45) is 0. The number of hydrogen-bond donors (Lipinski definition) is 1. The van der Waals surface area contributed by atoms with E-state index in [-0.39, 0.29) is 23.7 Å². The van der Waals surface area contributed by atoms with Crippen molar-refractivity contribution in [1.29, 1.82) is 0 Å². The first-order valence-electron chi connectivity index (χ1n) is 2.12. The van der Waals surface area contributed by atoms with Gasteiger partial charge in [0.1, 0.15) is 0 Å². The second kappa shape index (κ2) is 22.5. The van der Waals surface area contributed by atoms with Crippen molar-refractivity contribution in [3.63, 3.8) is 0 Å². The fraction of sp³-hybridized carbons (Fsp3) is 1.00. The third-order valence-corrected chi connectivity index (χ3v) is 0. The van der Waals surface area contributed by atoms with Crippen LogP contribution < -0.4 is 0 Å². The van der Waals surface area contributed by atoms with Crippen LogP contribution >= 0.6 is 0 Å². The van der Waals surface area contributed by atoms with Crippen molar-refractivity contribution in [2.45, 2.75) is 6.92 Å². The van der Waals surface area contributed by atoms with E-state index in [4.69, 9.17) is 35.7 Å². The summed E-state index contributed by atoms with van der Waals surface area (Å²) >= 11 is 0.